The summed E-state index contributed by atoms with van der Waals surface area (Å²) in [7, 11) is 0. The lowest BCUT2D eigenvalue weighted by Gasteiger charge is -2.07. The zero-order chi connectivity index (χ0) is 15.5. The van der Waals surface area contributed by atoms with Crippen LogP contribution in [0.25, 0.3) is 11.3 Å². The van der Waals surface area contributed by atoms with E-state index in [1.54, 1.807) is 30.3 Å². The second kappa shape index (κ2) is 5.69. The Hall–Kier alpha value is -3.14. The molecular weight excluding hydrogens is 278 g/mol. The first-order valence-electron chi connectivity index (χ1n) is 6.78. The van der Waals surface area contributed by atoms with E-state index in [1.807, 2.05) is 30.3 Å². The first-order chi connectivity index (χ1) is 10.7. The molecule has 4 nitrogen and oxygen atoms in total. The molecule has 0 aliphatic carbocycles. The molecule has 108 valence electrons. The lowest BCUT2D eigenvalue weighted by molar-refractivity contribution is 0.103. The molecule has 3 aromatic rings. The molecule has 2 N–H and O–H groups in total. The summed E-state index contributed by atoms with van der Waals surface area (Å²) in [5, 5.41) is 10.1. The van der Waals surface area contributed by atoms with Crippen LogP contribution in [0, 0.1) is 0 Å². The van der Waals surface area contributed by atoms with E-state index in [-0.39, 0.29) is 11.3 Å². The van der Waals surface area contributed by atoms with E-state index in [0.717, 1.165) is 5.56 Å². The normalized spacial score (nSPS) is 10.4. The van der Waals surface area contributed by atoms with Gasteiger partial charge in [-0.05, 0) is 5.56 Å². The first kappa shape index (κ1) is 13.8. The fourth-order valence-electron chi connectivity index (χ4n) is 2.27. The van der Waals surface area contributed by atoms with Gasteiger partial charge in [0.1, 0.15) is 11.3 Å². The van der Waals surface area contributed by atoms with Gasteiger partial charge in [-0.2, -0.15) is 0 Å². The van der Waals surface area contributed by atoms with Crippen molar-refractivity contribution in [3.05, 3.63) is 88.2 Å². The van der Waals surface area contributed by atoms with Crippen LogP contribution in [0.15, 0.2) is 71.5 Å². The number of hydrogen-bond donors (Lipinski definition) is 2. The zero-order valence-electron chi connectivity index (χ0n) is 11.6. The average molecular weight is 291 g/mol. The second-order valence-corrected chi connectivity index (χ2v) is 4.83. The minimum absolute atomic E-state index is 0.245. The number of hydrogen-bond acceptors (Lipinski definition) is 3. The van der Waals surface area contributed by atoms with Crippen molar-refractivity contribution >= 4 is 5.78 Å². The van der Waals surface area contributed by atoms with Crippen molar-refractivity contribution in [1.82, 2.24) is 4.98 Å². The summed E-state index contributed by atoms with van der Waals surface area (Å²) >= 11 is 0. The van der Waals surface area contributed by atoms with Gasteiger partial charge < -0.3 is 10.1 Å². The van der Waals surface area contributed by atoms with Gasteiger partial charge in [0, 0.05) is 11.6 Å². The van der Waals surface area contributed by atoms with Gasteiger partial charge in [0.25, 0.3) is 5.56 Å². The number of carbonyl (C=O) groups is 1. The standard InChI is InChI=1S/C18H13NO3/c20-15-11-14(12-7-3-1-4-8-12)19-18(22)16(15)17(21)13-9-5-2-6-10-13/h1-11H,(H2,19,20,22). The Morgan fingerprint density at radius 3 is 2.09 bits per heavy atom. The molecule has 4 heteroatoms. The van der Waals surface area contributed by atoms with Gasteiger partial charge in [-0.1, -0.05) is 60.7 Å². The first-order valence-corrected chi connectivity index (χ1v) is 6.78. The Morgan fingerprint density at radius 2 is 1.50 bits per heavy atom. The second-order valence-electron chi connectivity index (χ2n) is 4.83. The van der Waals surface area contributed by atoms with Crippen molar-refractivity contribution in [3.8, 4) is 17.0 Å². The zero-order valence-corrected chi connectivity index (χ0v) is 11.6. The fourth-order valence-corrected chi connectivity index (χ4v) is 2.27. The number of benzene rings is 2. The summed E-state index contributed by atoms with van der Waals surface area (Å²) in [6.45, 7) is 0. The molecular formula is C18H13NO3. The maximum Gasteiger partial charge on any atom is 0.263 e. The Morgan fingerprint density at radius 1 is 0.909 bits per heavy atom. The number of pyridine rings is 1. The van der Waals surface area contributed by atoms with Crippen molar-refractivity contribution in [2.45, 2.75) is 0 Å². The highest BCUT2D eigenvalue weighted by Gasteiger charge is 2.19. The highest BCUT2D eigenvalue weighted by atomic mass is 16.3. The highest BCUT2D eigenvalue weighted by molar-refractivity contribution is 6.10. The van der Waals surface area contributed by atoms with Crippen LogP contribution in [-0.2, 0) is 0 Å². The van der Waals surface area contributed by atoms with Crippen molar-refractivity contribution < 1.29 is 9.90 Å². The molecule has 0 bridgehead atoms. The average Bonchev–Trinajstić information content (AvgIpc) is 2.55. The van der Waals surface area contributed by atoms with Crippen molar-refractivity contribution in [2.24, 2.45) is 0 Å². The number of H-pyrrole nitrogens is 1. The number of aromatic amines is 1. The van der Waals surface area contributed by atoms with Gasteiger partial charge in [-0.25, -0.2) is 0 Å². The SMILES string of the molecule is O=C(c1ccccc1)c1c(O)cc(-c2ccccc2)[nH]c1=O. The van der Waals surface area contributed by atoms with Gasteiger partial charge in [-0.3, -0.25) is 9.59 Å². The molecule has 0 fully saturated rings. The van der Waals surface area contributed by atoms with Gasteiger partial charge >= 0.3 is 0 Å². The van der Waals surface area contributed by atoms with E-state index >= 15 is 0 Å². The quantitative estimate of drug-likeness (QED) is 0.729. The molecule has 1 aromatic heterocycles. The molecule has 0 unspecified atom stereocenters. The molecule has 0 spiro atoms. The predicted molar refractivity (Wildman–Crippen MR) is 84.0 cm³/mol. The Balaban J connectivity index is 2.08. The van der Waals surface area contributed by atoms with Crippen LogP contribution in [0.5, 0.6) is 5.75 Å². The molecule has 0 aliphatic heterocycles. The molecule has 1 heterocycles. The Labute approximate surface area is 126 Å². The smallest absolute Gasteiger partial charge is 0.263 e. The van der Waals surface area contributed by atoms with E-state index in [9.17, 15) is 14.7 Å². The Bertz CT molecular complexity index is 868. The minimum Gasteiger partial charge on any atom is -0.507 e. The van der Waals surface area contributed by atoms with Crippen molar-refractivity contribution in [3.63, 3.8) is 0 Å². The van der Waals surface area contributed by atoms with E-state index in [0.29, 0.717) is 11.3 Å². The van der Waals surface area contributed by atoms with Gasteiger partial charge in [0.2, 0.25) is 5.78 Å². The monoisotopic (exact) mass is 291 g/mol. The molecule has 2 aromatic carbocycles. The topological polar surface area (TPSA) is 70.2 Å². The van der Waals surface area contributed by atoms with Gasteiger partial charge in [0.05, 0.1) is 5.69 Å². The largest absolute Gasteiger partial charge is 0.507 e. The predicted octanol–water partition coefficient (Wildman–Crippen LogP) is 2.98. The van der Waals surface area contributed by atoms with Crippen molar-refractivity contribution in [1.29, 1.82) is 0 Å². The van der Waals surface area contributed by atoms with Crippen LogP contribution in [0.2, 0.25) is 0 Å². The minimum atomic E-state index is -0.604. The summed E-state index contributed by atoms with van der Waals surface area (Å²) in [6.07, 6.45) is 0. The third-order valence-corrected chi connectivity index (χ3v) is 3.36. The Kier molecular flexibility index (Phi) is 3.58. The number of rotatable bonds is 3. The van der Waals surface area contributed by atoms with E-state index in [1.165, 1.54) is 6.07 Å². The van der Waals surface area contributed by atoms with Gasteiger partial charge in [0.15, 0.2) is 0 Å². The molecule has 0 saturated carbocycles. The summed E-state index contributed by atoms with van der Waals surface area (Å²) in [4.78, 5) is 27.2. The van der Waals surface area contributed by atoms with Crippen LogP contribution in [0.1, 0.15) is 15.9 Å². The third kappa shape index (κ3) is 2.54. The third-order valence-electron chi connectivity index (χ3n) is 3.36. The van der Waals surface area contributed by atoms with E-state index in [4.69, 9.17) is 0 Å². The molecule has 0 aliphatic rings. The maximum absolute atomic E-state index is 12.4. The number of nitrogens with one attached hydrogen (secondary N) is 1. The number of carbonyl (C=O) groups excluding carboxylic acids is 1. The summed E-state index contributed by atoms with van der Waals surface area (Å²) < 4.78 is 0. The van der Waals surface area contributed by atoms with Crippen molar-refractivity contribution in [2.75, 3.05) is 0 Å². The van der Waals surface area contributed by atoms with E-state index in [2.05, 4.69) is 4.98 Å². The number of ketones is 1. The molecule has 22 heavy (non-hydrogen) atoms. The summed E-state index contributed by atoms with van der Waals surface area (Å²) in [5.74, 6) is -0.824. The lowest BCUT2D eigenvalue weighted by atomic mass is 10.0. The molecule has 0 radical (unpaired) electrons. The van der Waals surface area contributed by atoms with Gasteiger partial charge in [-0.15, -0.1) is 0 Å². The number of aromatic nitrogens is 1. The van der Waals surface area contributed by atoms with Crippen LogP contribution in [0.3, 0.4) is 0 Å². The molecule has 0 atom stereocenters. The summed E-state index contributed by atoms with van der Waals surface area (Å²) in [6, 6.07) is 18.9. The van der Waals surface area contributed by atoms with Crippen LogP contribution in [-0.4, -0.2) is 15.9 Å². The fraction of sp³-hybridized carbons (Fsp3) is 0. The van der Waals surface area contributed by atoms with Crippen LogP contribution < -0.4 is 5.56 Å². The highest BCUT2D eigenvalue weighted by Crippen LogP contribution is 2.23. The molecule has 0 saturated heterocycles. The molecule has 3 rings (SSSR count). The summed E-state index contributed by atoms with van der Waals surface area (Å²) in [5.41, 5.74) is 0.732. The van der Waals surface area contributed by atoms with E-state index < -0.39 is 11.3 Å². The van der Waals surface area contributed by atoms with Crippen LogP contribution >= 0.6 is 0 Å². The lowest BCUT2D eigenvalue weighted by Crippen LogP contribution is -2.19. The molecule has 0 amide bonds. The van der Waals surface area contributed by atoms with Crippen LogP contribution in [0.4, 0.5) is 0 Å². The maximum atomic E-state index is 12.4. The number of aromatic hydroxyl groups is 1.